The van der Waals surface area contributed by atoms with Gasteiger partial charge in [0.1, 0.15) is 0 Å². The Hall–Kier alpha value is -0.570. The van der Waals surface area contributed by atoms with Crippen molar-refractivity contribution >= 4 is 5.97 Å². The summed E-state index contributed by atoms with van der Waals surface area (Å²) in [7, 11) is 0. The average molecular weight is 227 g/mol. The van der Waals surface area contributed by atoms with Crippen LogP contribution in [0.4, 0.5) is 0 Å². The van der Waals surface area contributed by atoms with Crippen LogP contribution in [-0.4, -0.2) is 24.7 Å². The lowest BCUT2D eigenvalue weighted by molar-refractivity contribution is -0.146. The topological polar surface area (TPSA) is 38.3 Å². The molecule has 1 fully saturated rings. The van der Waals surface area contributed by atoms with Gasteiger partial charge in [-0.05, 0) is 32.1 Å². The Morgan fingerprint density at radius 2 is 2.06 bits per heavy atom. The molecule has 0 aromatic heterocycles. The van der Waals surface area contributed by atoms with Crippen LogP contribution in [0.1, 0.15) is 47.0 Å². The number of nitrogens with one attached hydrogen (secondary N) is 1. The molecule has 0 saturated heterocycles. The highest BCUT2D eigenvalue weighted by atomic mass is 16.5. The molecule has 3 heteroatoms. The number of ether oxygens (including phenoxy) is 1. The minimum Gasteiger partial charge on any atom is -0.462 e. The number of rotatable bonds is 4. The first kappa shape index (κ1) is 13.5. The molecule has 1 saturated carbocycles. The first-order valence-electron chi connectivity index (χ1n) is 6.43. The molecule has 0 bridgehead atoms. The van der Waals surface area contributed by atoms with Crippen molar-refractivity contribution in [2.24, 2.45) is 11.8 Å². The van der Waals surface area contributed by atoms with Crippen LogP contribution in [0.2, 0.25) is 0 Å². The van der Waals surface area contributed by atoms with E-state index in [0.29, 0.717) is 18.5 Å². The monoisotopic (exact) mass is 227 g/mol. The zero-order chi connectivity index (χ0) is 12.1. The van der Waals surface area contributed by atoms with Gasteiger partial charge in [-0.25, -0.2) is 0 Å². The van der Waals surface area contributed by atoms with E-state index in [0.717, 1.165) is 5.92 Å². The van der Waals surface area contributed by atoms with Crippen molar-refractivity contribution in [3.05, 3.63) is 0 Å². The number of hydrogen-bond donors (Lipinski definition) is 1. The van der Waals surface area contributed by atoms with E-state index in [-0.39, 0.29) is 12.1 Å². The normalized spacial score (nSPS) is 30.4. The Morgan fingerprint density at radius 1 is 1.38 bits per heavy atom. The van der Waals surface area contributed by atoms with Crippen LogP contribution in [0.5, 0.6) is 0 Å². The van der Waals surface area contributed by atoms with E-state index in [1.54, 1.807) is 0 Å². The standard InChI is InChI=1S/C13H25NO2/c1-9(2)16-13(15)8-14-12-7-5-6-10(3)11(12)4/h9-12,14H,5-8H2,1-4H3. The van der Waals surface area contributed by atoms with E-state index in [1.165, 1.54) is 19.3 Å². The summed E-state index contributed by atoms with van der Waals surface area (Å²) in [5, 5.41) is 3.33. The van der Waals surface area contributed by atoms with E-state index >= 15 is 0 Å². The van der Waals surface area contributed by atoms with E-state index in [9.17, 15) is 4.79 Å². The summed E-state index contributed by atoms with van der Waals surface area (Å²) in [6.07, 6.45) is 3.75. The molecule has 3 unspecified atom stereocenters. The largest absolute Gasteiger partial charge is 0.462 e. The number of carbonyl (C=O) groups is 1. The van der Waals surface area contributed by atoms with E-state index in [2.05, 4.69) is 19.2 Å². The van der Waals surface area contributed by atoms with Crippen molar-refractivity contribution in [3.63, 3.8) is 0 Å². The van der Waals surface area contributed by atoms with Gasteiger partial charge in [0, 0.05) is 6.04 Å². The van der Waals surface area contributed by atoms with Gasteiger partial charge in [-0.3, -0.25) is 4.79 Å². The van der Waals surface area contributed by atoms with Gasteiger partial charge in [0.15, 0.2) is 0 Å². The van der Waals surface area contributed by atoms with Gasteiger partial charge < -0.3 is 10.1 Å². The smallest absolute Gasteiger partial charge is 0.320 e. The van der Waals surface area contributed by atoms with Crippen molar-refractivity contribution in [2.45, 2.75) is 59.1 Å². The highest BCUT2D eigenvalue weighted by molar-refractivity contribution is 5.71. The van der Waals surface area contributed by atoms with Gasteiger partial charge >= 0.3 is 5.97 Å². The van der Waals surface area contributed by atoms with Gasteiger partial charge in [0.05, 0.1) is 12.6 Å². The van der Waals surface area contributed by atoms with E-state index in [4.69, 9.17) is 4.74 Å². The van der Waals surface area contributed by atoms with Gasteiger partial charge in [-0.1, -0.05) is 26.7 Å². The Kier molecular flexibility index (Phi) is 5.26. The summed E-state index contributed by atoms with van der Waals surface area (Å²) in [5.74, 6) is 1.27. The van der Waals surface area contributed by atoms with E-state index in [1.807, 2.05) is 13.8 Å². The highest BCUT2D eigenvalue weighted by Crippen LogP contribution is 2.29. The summed E-state index contributed by atoms with van der Waals surface area (Å²) in [6.45, 7) is 8.67. The molecule has 0 spiro atoms. The van der Waals surface area contributed by atoms with Crippen molar-refractivity contribution in [1.82, 2.24) is 5.32 Å². The predicted molar refractivity (Wildman–Crippen MR) is 65.2 cm³/mol. The van der Waals surface area contributed by atoms with Gasteiger partial charge in [-0.2, -0.15) is 0 Å². The Bertz CT molecular complexity index is 228. The quantitative estimate of drug-likeness (QED) is 0.749. The summed E-state index contributed by atoms with van der Waals surface area (Å²) in [4.78, 5) is 11.4. The van der Waals surface area contributed by atoms with Crippen LogP contribution in [-0.2, 0) is 9.53 Å². The maximum Gasteiger partial charge on any atom is 0.320 e. The lowest BCUT2D eigenvalue weighted by Gasteiger charge is -2.34. The predicted octanol–water partition coefficient (Wildman–Crippen LogP) is 2.35. The number of carbonyl (C=O) groups excluding carboxylic acids is 1. The fraction of sp³-hybridized carbons (Fsp3) is 0.923. The van der Waals surface area contributed by atoms with Crippen molar-refractivity contribution in [2.75, 3.05) is 6.54 Å². The summed E-state index contributed by atoms with van der Waals surface area (Å²) in [5.41, 5.74) is 0. The molecule has 1 rings (SSSR count). The maximum absolute atomic E-state index is 11.4. The van der Waals surface area contributed by atoms with Crippen molar-refractivity contribution in [3.8, 4) is 0 Å². The second kappa shape index (κ2) is 6.24. The Labute approximate surface area is 98.9 Å². The molecular weight excluding hydrogens is 202 g/mol. The summed E-state index contributed by atoms with van der Waals surface area (Å²) >= 11 is 0. The molecule has 0 radical (unpaired) electrons. The molecule has 0 aromatic carbocycles. The number of hydrogen-bond acceptors (Lipinski definition) is 3. The van der Waals surface area contributed by atoms with Crippen molar-refractivity contribution in [1.29, 1.82) is 0 Å². The maximum atomic E-state index is 11.4. The second-order valence-electron chi connectivity index (χ2n) is 5.29. The van der Waals surface area contributed by atoms with Crippen LogP contribution in [0.3, 0.4) is 0 Å². The third-order valence-corrected chi connectivity index (χ3v) is 3.58. The first-order valence-corrected chi connectivity index (χ1v) is 6.43. The minimum atomic E-state index is -0.138. The van der Waals surface area contributed by atoms with Gasteiger partial charge in [0.25, 0.3) is 0 Å². The Morgan fingerprint density at radius 3 is 2.69 bits per heavy atom. The molecule has 1 N–H and O–H groups in total. The SMILES string of the molecule is CC(C)OC(=O)CNC1CCCC(C)C1C. The molecular formula is C13H25NO2. The molecule has 1 aliphatic rings. The third-order valence-electron chi connectivity index (χ3n) is 3.58. The van der Waals surface area contributed by atoms with Crippen LogP contribution in [0.15, 0.2) is 0 Å². The zero-order valence-corrected chi connectivity index (χ0v) is 11.0. The molecule has 0 amide bonds. The first-order chi connectivity index (χ1) is 7.50. The summed E-state index contributed by atoms with van der Waals surface area (Å²) < 4.78 is 5.10. The fourth-order valence-electron chi connectivity index (χ4n) is 2.39. The molecule has 0 aliphatic heterocycles. The second-order valence-corrected chi connectivity index (χ2v) is 5.29. The molecule has 3 atom stereocenters. The molecule has 16 heavy (non-hydrogen) atoms. The van der Waals surface area contributed by atoms with E-state index < -0.39 is 0 Å². The van der Waals surface area contributed by atoms with Crippen LogP contribution in [0, 0.1) is 11.8 Å². The Balaban J connectivity index is 2.28. The fourth-order valence-corrected chi connectivity index (χ4v) is 2.39. The highest BCUT2D eigenvalue weighted by Gasteiger charge is 2.27. The van der Waals surface area contributed by atoms with Crippen LogP contribution < -0.4 is 5.32 Å². The molecule has 3 nitrogen and oxygen atoms in total. The number of esters is 1. The minimum absolute atomic E-state index is 0.0167. The average Bonchev–Trinajstić information content (AvgIpc) is 2.19. The van der Waals surface area contributed by atoms with Gasteiger partial charge in [0.2, 0.25) is 0 Å². The van der Waals surface area contributed by atoms with Crippen molar-refractivity contribution < 1.29 is 9.53 Å². The van der Waals surface area contributed by atoms with Crippen LogP contribution in [0.25, 0.3) is 0 Å². The molecule has 0 aromatic rings. The molecule has 0 heterocycles. The summed E-state index contributed by atoms with van der Waals surface area (Å²) in [6, 6.07) is 0.475. The van der Waals surface area contributed by atoms with Gasteiger partial charge in [-0.15, -0.1) is 0 Å². The third kappa shape index (κ3) is 4.12. The molecule has 94 valence electrons. The lowest BCUT2D eigenvalue weighted by atomic mass is 9.78. The lowest BCUT2D eigenvalue weighted by Crippen LogP contribution is -2.43. The van der Waals surface area contributed by atoms with Crippen LogP contribution >= 0.6 is 0 Å². The zero-order valence-electron chi connectivity index (χ0n) is 11.0. The molecule has 1 aliphatic carbocycles.